The first kappa shape index (κ1) is 18.4. The van der Waals surface area contributed by atoms with Gasteiger partial charge in [0.25, 0.3) is 5.91 Å². The fourth-order valence-corrected chi connectivity index (χ4v) is 2.15. The predicted octanol–water partition coefficient (Wildman–Crippen LogP) is 2.60. The largest absolute Gasteiger partial charge is 0.481 e. The van der Waals surface area contributed by atoms with Gasteiger partial charge in [-0.25, -0.2) is 4.39 Å². The maximum absolute atomic E-state index is 12.8. The van der Waals surface area contributed by atoms with Crippen molar-refractivity contribution in [3.63, 3.8) is 0 Å². The molecule has 2 rings (SSSR count). The third-order valence-corrected chi connectivity index (χ3v) is 3.76. The third kappa shape index (κ3) is 5.60. The van der Waals surface area contributed by atoms with E-state index in [2.05, 4.69) is 10.9 Å². The van der Waals surface area contributed by atoms with Crippen LogP contribution in [0.15, 0.2) is 42.5 Å². The molecule has 0 radical (unpaired) electrons. The first-order valence-electron chi connectivity index (χ1n) is 7.92. The Kier molecular flexibility index (Phi) is 6.11. The number of carbonyl (C=O) groups excluding carboxylic acids is 2. The number of nitrogens with one attached hydrogen (secondary N) is 2. The van der Waals surface area contributed by atoms with Crippen LogP contribution in [0.25, 0.3) is 0 Å². The summed E-state index contributed by atoms with van der Waals surface area (Å²) in [5.41, 5.74) is 7.81. The number of hydrazine groups is 1. The molecule has 6 heteroatoms. The van der Waals surface area contributed by atoms with Crippen LogP contribution in [0, 0.1) is 19.7 Å². The monoisotopic (exact) mass is 344 g/mol. The average molecular weight is 344 g/mol. The van der Waals surface area contributed by atoms with Crippen LogP contribution in [0.4, 0.5) is 4.39 Å². The van der Waals surface area contributed by atoms with Crippen molar-refractivity contribution in [1.29, 1.82) is 0 Å². The smallest absolute Gasteiger partial charge is 0.279 e. The normalized spacial score (nSPS) is 11.5. The first-order chi connectivity index (χ1) is 11.8. The molecule has 1 atom stereocenters. The number of hydrogen-bond acceptors (Lipinski definition) is 3. The molecule has 2 amide bonds. The summed E-state index contributed by atoms with van der Waals surface area (Å²) < 4.78 is 18.2. The van der Waals surface area contributed by atoms with Gasteiger partial charge >= 0.3 is 0 Å². The highest BCUT2D eigenvalue weighted by atomic mass is 19.1. The van der Waals surface area contributed by atoms with E-state index in [1.54, 1.807) is 0 Å². The Bertz CT molecular complexity index is 760. The molecule has 0 saturated heterocycles. The maximum Gasteiger partial charge on any atom is 0.279 e. The van der Waals surface area contributed by atoms with E-state index in [1.807, 2.05) is 32.0 Å². The van der Waals surface area contributed by atoms with E-state index in [0.29, 0.717) is 5.75 Å². The van der Waals surface area contributed by atoms with Gasteiger partial charge in [0.2, 0.25) is 5.91 Å². The number of halogens is 1. The summed E-state index contributed by atoms with van der Waals surface area (Å²) in [5, 5.41) is 0. The second-order valence-corrected chi connectivity index (χ2v) is 5.85. The molecule has 2 aromatic rings. The minimum absolute atomic E-state index is 0.161. The van der Waals surface area contributed by atoms with E-state index >= 15 is 0 Å². The van der Waals surface area contributed by atoms with Crippen molar-refractivity contribution < 1.29 is 18.7 Å². The molecule has 0 heterocycles. The number of benzene rings is 2. The summed E-state index contributed by atoms with van der Waals surface area (Å²) in [4.78, 5) is 23.9. The summed E-state index contributed by atoms with van der Waals surface area (Å²) in [6.45, 7) is 5.52. The Balaban J connectivity index is 1.80. The fraction of sp³-hybridized carbons (Fsp3) is 0.263. The highest BCUT2D eigenvalue weighted by Gasteiger charge is 2.15. The summed E-state index contributed by atoms with van der Waals surface area (Å²) in [7, 11) is 0. The lowest BCUT2D eigenvalue weighted by Crippen LogP contribution is -2.47. The van der Waals surface area contributed by atoms with Gasteiger partial charge in [0.1, 0.15) is 11.6 Å². The highest BCUT2D eigenvalue weighted by molar-refractivity contribution is 5.85. The molecule has 0 spiro atoms. The van der Waals surface area contributed by atoms with Crippen molar-refractivity contribution in [1.82, 2.24) is 10.9 Å². The molecule has 0 bridgehead atoms. The van der Waals surface area contributed by atoms with E-state index in [1.165, 1.54) is 31.2 Å². The van der Waals surface area contributed by atoms with Gasteiger partial charge in [-0.05, 0) is 61.7 Å². The lowest BCUT2D eigenvalue weighted by molar-refractivity contribution is -0.132. The average Bonchev–Trinajstić information content (AvgIpc) is 2.58. The summed E-state index contributed by atoms with van der Waals surface area (Å²) >= 11 is 0. The quantitative estimate of drug-likeness (QED) is 0.820. The number of rotatable bonds is 5. The number of carbonyl (C=O) groups is 2. The van der Waals surface area contributed by atoms with Crippen molar-refractivity contribution in [2.75, 3.05) is 0 Å². The van der Waals surface area contributed by atoms with Crippen LogP contribution in [-0.4, -0.2) is 17.9 Å². The van der Waals surface area contributed by atoms with Crippen LogP contribution in [0.2, 0.25) is 0 Å². The standard InChI is InChI=1S/C19H21FN2O3/c1-12-4-5-15(10-13(12)2)11-18(23)21-22-19(24)14(3)25-17-8-6-16(20)7-9-17/h4-10,14H,11H2,1-3H3,(H,21,23)(H,22,24)/t14-/m1/s1. The lowest BCUT2D eigenvalue weighted by atomic mass is 10.0. The number of ether oxygens (including phenoxy) is 1. The van der Waals surface area contributed by atoms with Crippen LogP contribution < -0.4 is 15.6 Å². The van der Waals surface area contributed by atoms with E-state index in [4.69, 9.17) is 4.74 Å². The molecule has 0 aromatic heterocycles. The van der Waals surface area contributed by atoms with Gasteiger partial charge in [-0.15, -0.1) is 0 Å². The second-order valence-electron chi connectivity index (χ2n) is 5.85. The van der Waals surface area contributed by atoms with Crippen molar-refractivity contribution in [2.45, 2.75) is 33.3 Å². The molecule has 0 unspecified atom stereocenters. The summed E-state index contributed by atoms with van der Waals surface area (Å²) in [6, 6.07) is 11.1. The topological polar surface area (TPSA) is 67.4 Å². The van der Waals surface area contributed by atoms with Gasteiger partial charge in [0.05, 0.1) is 6.42 Å². The Morgan fingerprint density at radius 3 is 2.36 bits per heavy atom. The molecule has 132 valence electrons. The zero-order valence-corrected chi connectivity index (χ0v) is 14.4. The molecular formula is C19H21FN2O3. The lowest BCUT2D eigenvalue weighted by Gasteiger charge is -2.15. The molecule has 0 fully saturated rings. The molecule has 0 aliphatic heterocycles. The highest BCUT2D eigenvalue weighted by Crippen LogP contribution is 2.13. The van der Waals surface area contributed by atoms with Gasteiger partial charge in [-0.1, -0.05) is 18.2 Å². The third-order valence-electron chi connectivity index (χ3n) is 3.76. The van der Waals surface area contributed by atoms with Crippen LogP contribution >= 0.6 is 0 Å². The van der Waals surface area contributed by atoms with Gasteiger partial charge < -0.3 is 4.74 Å². The Labute approximate surface area is 146 Å². The Morgan fingerprint density at radius 2 is 1.72 bits per heavy atom. The molecular weight excluding hydrogens is 323 g/mol. The van der Waals surface area contributed by atoms with Crippen molar-refractivity contribution in [3.8, 4) is 5.75 Å². The summed E-state index contributed by atoms with van der Waals surface area (Å²) in [5.74, 6) is -0.850. The van der Waals surface area contributed by atoms with Crippen LogP contribution in [-0.2, 0) is 16.0 Å². The molecule has 2 aromatic carbocycles. The number of hydrogen-bond donors (Lipinski definition) is 2. The zero-order valence-electron chi connectivity index (χ0n) is 14.4. The number of amides is 2. The van der Waals surface area contributed by atoms with Crippen molar-refractivity contribution in [2.24, 2.45) is 0 Å². The predicted molar refractivity (Wildman–Crippen MR) is 92.4 cm³/mol. The van der Waals surface area contributed by atoms with Crippen LogP contribution in [0.5, 0.6) is 5.75 Å². The van der Waals surface area contributed by atoms with Crippen molar-refractivity contribution >= 4 is 11.8 Å². The molecule has 0 saturated carbocycles. The number of aryl methyl sites for hydroxylation is 2. The fourth-order valence-electron chi connectivity index (χ4n) is 2.15. The van der Waals surface area contributed by atoms with Crippen molar-refractivity contribution in [3.05, 3.63) is 65.0 Å². The van der Waals surface area contributed by atoms with E-state index in [0.717, 1.165) is 16.7 Å². The van der Waals surface area contributed by atoms with E-state index in [-0.39, 0.29) is 18.1 Å². The molecule has 2 N–H and O–H groups in total. The molecule has 0 aliphatic carbocycles. The molecule has 25 heavy (non-hydrogen) atoms. The molecule has 5 nitrogen and oxygen atoms in total. The minimum atomic E-state index is -0.840. The molecule has 0 aliphatic rings. The Morgan fingerprint density at radius 1 is 1.04 bits per heavy atom. The SMILES string of the molecule is Cc1ccc(CC(=O)NNC(=O)[C@@H](C)Oc2ccc(F)cc2)cc1C. The zero-order chi connectivity index (χ0) is 18.4. The summed E-state index contributed by atoms with van der Waals surface area (Å²) in [6.07, 6.45) is -0.679. The minimum Gasteiger partial charge on any atom is -0.481 e. The maximum atomic E-state index is 12.8. The van der Waals surface area contributed by atoms with Crippen LogP contribution in [0.3, 0.4) is 0 Å². The van der Waals surface area contributed by atoms with Crippen LogP contribution in [0.1, 0.15) is 23.6 Å². The van der Waals surface area contributed by atoms with E-state index in [9.17, 15) is 14.0 Å². The van der Waals surface area contributed by atoms with Gasteiger partial charge in [0, 0.05) is 0 Å². The Hall–Kier alpha value is -2.89. The first-order valence-corrected chi connectivity index (χ1v) is 7.92. The second kappa shape index (κ2) is 8.28. The van der Waals surface area contributed by atoms with Gasteiger partial charge in [-0.2, -0.15) is 0 Å². The van der Waals surface area contributed by atoms with E-state index < -0.39 is 12.0 Å². The van der Waals surface area contributed by atoms with Gasteiger partial charge in [0.15, 0.2) is 6.10 Å². The van der Waals surface area contributed by atoms with Gasteiger partial charge in [-0.3, -0.25) is 20.4 Å².